The fourth-order valence-electron chi connectivity index (χ4n) is 2.54. The number of nitrogens with zero attached hydrogens (tertiary/aromatic N) is 4. The summed E-state index contributed by atoms with van der Waals surface area (Å²) in [6.07, 6.45) is -2.71. The van der Waals surface area contributed by atoms with Crippen molar-refractivity contribution in [1.29, 1.82) is 0 Å². The normalized spacial score (nSPS) is 12.0. The molecule has 1 aromatic carbocycles. The van der Waals surface area contributed by atoms with Gasteiger partial charge in [-0.3, -0.25) is 9.79 Å². The van der Waals surface area contributed by atoms with Crippen LogP contribution < -0.4 is 5.32 Å². The molecule has 0 unspecified atom stereocenters. The topological polar surface area (TPSA) is 76.6 Å². The van der Waals surface area contributed by atoms with Gasteiger partial charge in [0.25, 0.3) is 0 Å². The first kappa shape index (κ1) is 21.3. The highest BCUT2D eigenvalue weighted by Crippen LogP contribution is 2.17. The van der Waals surface area contributed by atoms with E-state index in [4.69, 9.17) is 0 Å². The maximum absolute atomic E-state index is 12.4. The molecule has 28 heavy (non-hydrogen) atoms. The van der Waals surface area contributed by atoms with Gasteiger partial charge in [-0.1, -0.05) is 30.3 Å². The lowest BCUT2D eigenvalue weighted by atomic mass is 10.2. The Morgan fingerprint density at radius 1 is 1.21 bits per heavy atom. The zero-order chi connectivity index (χ0) is 20.7. The van der Waals surface area contributed by atoms with Gasteiger partial charge in [0.1, 0.15) is 12.4 Å². The summed E-state index contributed by atoms with van der Waals surface area (Å²) in [6, 6.07) is 9.72. The van der Waals surface area contributed by atoms with Gasteiger partial charge in [0.2, 0.25) is 5.91 Å². The van der Waals surface area contributed by atoms with Gasteiger partial charge in [-0.05, 0) is 5.56 Å². The number of carbonyl (C=O) groups excluding carboxylic acids is 1. The predicted octanol–water partition coefficient (Wildman–Crippen LogP) is 2.10. The van der Waals surface area contributed by atoms with E-state index >= 15 is 0 Å². The second kappa shape index (κ2) is 9.25. The first-order valence-electron chi connectivity index (χ1n) is 8.51. The molecule has 152 valence electrons. The minimum atomic E-state index is -4.43. The number of rotatable bonds is 6. The lowest BCUT2D eigenvalue weighted by molar-refractivity contribution is -0.157. The molecule has 0 radical (unpaired) electrons. The fourth-order valence-corrected chi connectivity index (χ4v) is 2.54. The summed E-state index contributed by atoms with van der Waals surface area (Å²) in [5.74, 6) is 0.368. The molecule has 1 heterocycles. The Bertz CT molecular complexity index is 803. The van der Waals surface area contributed by atoms with Crippen LogP contribution in [0.4, 0.5) is 13.2 Å². The highest BCUT2D eigenvalue weighted by molar-refractivity contribution is 5.86. The summed E-state index contributed by atoms with van der Waals surface area (Å²) in [7, 11) is 4.38. The van der Waals surface area contributed by atoms with Crippen molar-refractivity contribution in [2.75, 3.05) is 34.2 Å². The number of aromatic nitrogens is 2. The molecule has 2 N–H and O–H groups in total. The Hall–Kier alpha value is -3.04. The number of carbonyl (C=O) groups is 1. The highest BCUT2D eigenvalue weighted by Gasteiger charge is 2.31. The van der Waals surface area contributed by atoms with Gasteiger partial charge in [-0.25, -0.2) is 4.98 Å². The minimum absolute atomic E-state index is 0.295. The molecule has 7 nitrogen and oxygen atoms in total. The molecule has 0 aliphatic rings. The number of hydrogen-bond donors (Lipinski definition) is 2. The van der Waals surface area contributed by atoms with Gasteiger partial charge in [-0.15, -0.1) is 0 Å². The number of imidazole rings is 1. The van der Waals surface area contributed by atoms with Gasteiger partial charge in [0.05, 0.1) is 25.0 Å². The average Bonchev–Trinajstić information content (AvgIpc) is 3.09. The van der Waals surface area contributed by atoms with Crippen molar-refractivity contribution < 1.29 is 18.0 Å². The number of amides is 1. The van der Waals surface area contributed by atoms with E-state index in [9.17, 15) is 18.0 Å². The summed E-state index contributed by atoms with van der Waals surface area (Å²) in [5.41, 5.74) is 1.88. The van der Waals surface area contributed by atoms with Crippen LogP contribution in [0.3, 0.4) is 0 Å². The Labute approximate surface area is 161 Å². The van der Waals surface area contributed by atoms with Crippen LogP contribution in [0.2, 0.25) is 0 Å². The predicted molar refractivity (Wildman–Crippen MR) is 101 cm³/mol. The van der Waals surface area contributed by atoms with Crippen molar-refractivity contribution in [1.82, 2.24) is 25.1 Å². The smallest absolute Gasteiger partial charge is 0.347 e. The molecular formula is C18H23F3N6O. The van der Waals surface area contributed by atoms with Crippen LogP contribution in [-0.4, -0.2) is 72.0 Å². The Morgan fingerprint density at radius 2 is 1.89 bits per heavy atom. The fraction of sp³-hybridized carbons (Fsp3) is 0.389. The number of nitrogens with one attached hydrogen (secondary N) is 2. The molecule has 0 bridgehead atoms. The molecule has 0 saturated heterocycles. The van der Waals surface area contributed by atoms with E-state index in [-0.39, 0.29) is 6.54 Å². The number of likely N-dealkylation sites (N-methyl/N-ethyl adjacent to an activating group) is 1. The number of aromatic amines is 1. The highest BCUT2D eigenvalue weighted by atomic mass is 19.4. The Morgan fingerprint density at radius 3 is 2.50 bits per heavy atom. The molecule has 2 aromatic rings. The molecule has 2 rings (SSSR count). The van der Waals surface area contributed by atoms with Crippen LogP contribution in [0.5, 0.6) is 0 Å². The number of hydrogen-bond acceptors (Lipinski definition) is 3. The first-order valence-corrected chi connectivity index (χ1v) is 8.51. The maximum atomic E-state index is 12.4. The number of benzene rings is 1. The van der Waals surface area contributed by atoms with Crippen LogP contribution >= 0.6 is 0 Å². The molecule has 1 aromatic heterocycles. The molecule has 0 atom stereocenters. The molecular weight excluding hydrogens is 373 g/mol. The third-order valence-electron chi connectivity index (χ3n) is 3.91. The second-order valence-corrected chi connectivity index (χ2v) is 6.23. The van der Waals surface area contributed by atoms with Crippen molar-refractivity contribution in [3.8, 4) is 11.3 Å². The van der Waals surface area contributed by atoms with E-state index in [0.29, 0.717) is 23.2 Å². The second-order valence-electron chi connectivity index (χ2n) is 6.23. The molecule has 1 amide bonds. The molecule has 0 spiro atoms. The number of guanidine groups is 1. The zero-order valence-electron chi connectivity index (χ0n) is 15.9. The zero-order valence-corrected chi connectivity index (χ0v) is 15.9. The Balaban J connectivity index is 1.91. The summed E-state index contributed by atoms with van der Waals surface area (Å²) in [6.45, 7) is -1.22. The van der Waals surface area contributed by atoms with Gasteiger partial charge in [0.15, 0.2) is 5.96 Å². The summed E-state index contributed by atoms with van der Waals surface area (Å²) >= 11 is 0. The van der Waals surface area contributed by atoms with Crippen LogP contribution in [0.1, 0.15) is 5.82 Å². The third kappa shape index (κ3) is 6.29. The monoisotopic (exact) mass is 396 g/mol. The van der Waals surface area contributed by atoms with E-state index in [1.54, 1.807) is 18.1 Å². The standard InChI is InChI=1S/C18H23F3N6O/c1-22-17(24-10-16(28)27(3)12-18(19,20)21)26(2)11-15-23-9-14(25-15)13-7-5-4-6-8-13/h4-9H,10-12H2,1-3H3,(H,22,24)(H,23,25). The van der Waals surface area contributed by atoms with E-state index in [1.807, 2.05) is 30.3 Å². The van der Waals surface area contributed by atoms with Crippen LogP contribution in [0, 0.1) is 0 Å². The van der Waals surface area contributed by atoms with Crippen LogP contribution in [0.15, 0.2) is 41.5 Å². The summed E-state index contributed by atoms with van der Waals surface area (Å²) < 4.78 is 37.1. The van der Waals surface area contributed by atoms with Gasteiger partial charge in [-0.2, -0.15) is 13.2 Å². The van der Waals surface area contributed by atoms with Crippen molar-refractivity contribution in [3.05, 3.63) is 42.4 Å². The summed E-state index contributed by atoms with van der Waals surface area (Å²) in [4.78, 5) is 25.8. The average molecular weight is 396 g/mol. The number of H-pyrrole nitrogens is 1. The third-order valence-corrected chi connectivity index (χ3v) is 3.91. The first-order chi connectivity index (χ1) is 13.2. The number of aliphatic imine (C=N–C) groups is 1. The SMILES string of the molecule is CN=C(NCC(=O)N(C)CC(F)(F)F)N(C)Cc1ncc(-c2ccccc2)[nH]1. The molecule has 0 aliphatic carbocycles. The van der Waals surface area contributed by atoms with Crippen LogP contribution in [0.25, 0.3) is 11.3 Å². The van der Waals surface area contributed by atoms with Gasteiger partial charge >= 0.3 is 6.18 Å². The summed E-state index contributed by atoms with van der Waals surface area (Å²) in [5, 5.41) is 2.77. The quantitative estimate of drug-likeness (QED) is 0.579. The minimum Gasteiger partial charge on any atom is -0.347 e. The number of halogens is 3. The molecule has 0 fully saturated rings. The van der Waals surface area contributed by atoms with Gasteiger partial charge in [0, 0.05) is 21.1 Å². The Kier molecular flexibility index (Phi) is 7.02. The van der Waals surface area contributed by atoms with Crippen LogP contribution in [-0.2, 0) is 11.3 Å². The van der Waals surface area contributed by atoms with E-state index in [1.165, 1.54) is 7.05 Å². The molecule has 10 heteroatoms. The lowest BCUT2D eigenvalue weighted by Crippen LogP contribution is -2.46. The van der Waals surface area contributed by atoms with Crippen molar-refractivity contribution >= 4 is 11.9 Å². The molecule has 0 saturated carbocycles. The van der Waals surface area contributed by atoms with E-state index < -0.39 is 18.6 Å². The van der Waals surface area contributed by atoms with Crippen molar-refractivity contribution in [3.63, 3.8) is 0 Å². The van der Waals surface area contributed by atoms with Crippen molar-refractivity contribution in [2.24, 2.45) is 4.99 Å². The number of alkyl halides is 3. The largest absolute Gasteiger partial charge is 0.406 e. The molecule has 0 aliphatic heterocycles. The van der Waals surface area contributed by atoms with E-state index in [0.717, 1.165) is 18.3 Å². The van der Waals surface area contributed by atoms with Gasteiger partial charge < -0.3 is 20.1 Å². The lowest BCUT2D eigenvalue weighted by Gasteiger charge is -2.23. The van der Waals surface area contributed by atoms with E-state index in [2.05, 4.69) is 20.3 Å². The van der Waals surface area contributed by atoms with Crippen molar-refractivity contribution in [2.45, 2.75) is 12.7 Å². The maximum Gasteiger partial charge on any atom is 0.406 e.